The summed E-state index contributed by atoms with van der Waals surface area (Å²) < 4.78 is 0. The van der Waals surface area contributed by atoms with Crippen molar-refractivity contribution in [2.24, 2.45) is 10.8 Å². The number of nitrogens with zero attached hydrogens (tertiary/aromatic N) is 1. The van der Waals surface area contributed by atoms with E-state index >= 15 is 0 Å². The highest BCUT2D eigenvalue weighted by atomic mass is 32.2. The maximum absolute atomic E-state index is 5.32. The van der Waals surface area contributed by atoms with E-state index in [1.807, 2.05) is 11.8 Å². The molecule has 0 atom stereocenters. The molecule has 84 valence electrons. The van der Waals surface area contributed by atoms with Crippen LogP contribution in [0.2, 0.25) is 0 Å². The molecule has 0 aliphatic heterocycles. The molecule has 0 spiro atoms. The molecule has 0 aliphatic carbocycles. The van der Waals surface area contributed by atoms with Crippen LogP contribution in [0, 0.1) is 0 Å². The van der Waals surface area contributed by atoms with Gasteiger partial charge < -0.3 is 5.32 Å². The number of unbranched alkanes of at least 4 members (excludes halogenated alkanes) is 1. The summed E-state index contributed by atoms with van der Waals surface area (Å²) in [4.78, 5) is 4.31. The lowest BCUT2D eigenvalue weighted by Crippen LogP contribution is -2.42. The highest BCUT2D eigenvalue weighted by Gasteiger charge is 1.93. The van der Waals surface area contributed by atoms with Gasteiger partial charge in [-0.05, 0) is 24.9 Å². The molecule has 0 aliphatic rings. The quantitative estimate of drug-likeness (QED) is 0.196. The Balaban J connectivity index is 3.53. The molecule has 5 heteroatoms. The van der Waals surface area contributed by atoms with Crippen LogP contribution in [0.1, 0.15) is 26.2 Å². The lowest BCUT2D eigenvalue weighted by Gasteiger charge is -2.07. The molecule has 0 heterocycles. The van der Waals surface area contributed by atoms with E-state index in [2.05, 4.69) is 28.9 Å². The van der Waals surface area contributed by atoms with E-state index in [0.29, 0.717) is 5.96 Å². The Hall–Kier alpha value is -0.420. The molecule has 4 nitrogen and oxygen atoms in total. The number of thioether (sulfide) groups is 1. The standard InChI is InChI=1S/C9H22N4S/c1-3-4-6-11-9(13-10)12-7-5-8-14-2/h3-8,10H2,1-2H3,(H2,11,12,13). The Labute approximate surface area is 91.1 Å². The lowest BCUT2D eigenvalue weighted by molar-refractivity contribution is 0.730. The second-order valence-electron chi connectivity index (χ2n) is 3.00. The van der Waals surface area contributed by atoms with Crippen LogP contribution in [0.4, 0.5) is 0 Å². The van der Waals surface area contributed by atoms with Crippen molar-refractivity contribution in [3.63, 3.8) is 0 Å². The Morgan fingerprint density at radius 3 is 2.79 bits per heavy atom. The Morgan fingerprint density at radius 2 is 2.21 bits per heavy atom. The summed E-state index contributed by atoms with van der Waals surface area (Å²) in [7, 11) is 0. The van der Waals surface area contributed by atoms with Crippen molar-refractivity contribution >= 4 is 17.7 Å². The largest absolute Gasteiger partial charge is 0.355 e. The second-order valence-corrected chi connectivity index (χ2v) is 3.99. The van der Waals surface area contributed by atoms with Gasteiger partial charge in [0.25, 0.3) is 0 Å². The molecule has 0 saturated heterocycles. The monoisotopic (exact) mass is 218 g/mol. The molecule has 0 radical (unpaired) electrons. The van der Waals surface area contributed by atoms with Crippen LogP contribution < -0.4 is 16.6 Å². The maximum atomic E-state index is 5.32. The van der Waals surface area contributed by atoms with E-state index in [1.165, 1.54) is 6.42 Å². The molecule has 4 N–H and O–H groups in total. The number of rotatable bonds is 7. The van der Waals surface area contributed by atoms with Crippen molar-refractivity contribution < 1.29 is 0 Å². The van der Waals surface area contributed by atoms with Crippen molar-refractivity contribution in [3.8, 4) is 0 Å². The summed E-state index contributed by atoms with van der Waals surface area (Å²) in [6, 6.07) is 0. The number of guanidine groups is 1. The Morgan fingerprint density at radius 1 is 1.43 bits per heavy atom. The fourth-order valence-electron chi connectivity index (χ4n) is 0.936. The zero-order chi connectivity index (χ0) is 10.6. The predicted molar refractivity (Wildman–Crippen MR) is 65.5 cm³/mol. The van der Waals surface area contributed by atoms with Crippen LogP contribution in [0.25, 0.3) is 0 Å². The summed E-state index contributed by atoms with van der Waals surface area (Å²) in [6.07, 6.45) is 5.52. The van der Waals surface area contributed by atoms with Crippen LogP contribution in [0.5, 0.6) is 0 Å². The van der Waals surface area contributed by atoms with E-state index in [4.69, 9.17) is 5.84 Å². The van der Waals surface area contributed by atoms with Gasteiger partial charge in [0.05, 0.1) is 0 Å². The number of hydrogen-bond acceptors (Lipinski definition) is 3. The minimum absolute atomic E-state index is 0.708. The number of aliphatic imine (C=N–C) groups is 1. The van der Waals surface area contributed by atoms with Crippen LogP contribution >= 0.6 is 11.8 Å². The third kappa shape index (κ3) is 8.19. The highest BCUT2D eigenvalue weighted by molar-refractivity contribution is 7.98. The number of nitrogens with one attached hydrogen (secondary N) is 2. The van der Waals surface area contributed by atoms with E-state index in [-0.39, 0.29) is 0 Å². The third-order valence-electron chi connectivity index (χ3n) is 1.74. The minimum atomic E-state index is 0.708. The Kier molecular flexibility index (Phi) is 10.3. The molecule has 0 aromatic rings. The molecule has 0 bridgehead atoms. The number of hydrazine groups is 1. The van der Waals surface area contributed by atoms with Gasteiger partial charge in [0, 0.05) is 13.1 Å². The van der Waals surface area contributed by atoms with E-state index in [0.717, 1.165) is 31.7 Å². The van der Waals surface area contributed by atoms with Crippen LogP contribution in [-0.2, 0) is 0 Å². The molecule has 0 saturated carbocycles. The summed E-state index contributed by atoms with van der Waals surface area (Å²) in [5, 5.41) is 3.15. The minimum Gasteiger partial charge on any atom is -0.355 e. The molecule has 0 aromatic heterocycles. The van der Waals surface area contributed by atoms with Gasteiger partial charge in [0.2, 0.25) is 5.96 Å². The highest BCUT2D eigenvalue weighted by Crippen LogP contribution is 1.94. The van der Waals surface area contributed by atoms with Crippen molar-refractivity contribution in [1.29, 1.82) is 0 Å². The van der Waals surface area contributed by atoms with Crippen LogP contribution in [0.15, 0.2) is 4.99 Å². The van der Waals surface area contributed by atoms with Gasteiger partial charge in [-0.25, -0.2) is 5.84 Å². The number of nitrogens with two attached hydrogens (primary N) is 1. The van der Waals surface area contributed by atoms with Gasteiger partial charge in [0.1, 0.15) is 0 Å². The first kappa shape index (κ1) is 13.6. The fraction of sp³-hybridized carbons (Fsp3) is 0.889. The maximum Gasteiger partial charge on any atom is 0.205 e. The molecule has 0 unspecified atom stereocenters. The normalized spacial score (nSPS) is 11.5. The van der Waals surface area contributed by atoms with Crippen molar-refractivity contribution in [1.82, 2.24) is 10.7 Å². The molecule has 0 amide bonds. The second kappa shape index (κ2) is 10.7. The SMILES string of the molecule is CCCCNC(=NCCCSC)NN. The molecule has 0 fully saturated rings. The summed E-state index contributed by atoms with van der Waals surface area (Å²) in [5.41, 5.74) is 2.57. The summed E-state index contributed by atoms with van der Waals surface area (Å²) in [6.45, 7) is 3.93. The van der Waals surface area contributed by atoms with Gasteiger partial charge >= 0.3 is 0 Å². The fourth-order valence-corrected chi connectivity index (χ4v) is 1.35. The number of hydrogen-bond donors (Lipinski definition) is 3. The molecule has 14 heavy (non-hydrogen) atoms. The zero-order valence-corrected chi connectivity index (χ0v) is 9.99. The van der Waals surface area contributed by atoms with Gasteiger partial charge in [-0.2, -0.15) is 11.8 Å². The first-order valence-electron chi connectivity index (χ1n) is 5.09. The first-order valence-corrected chi connectivity index (χ1v) is 6.48. The average molecular weight is 218 g/mol. The molecule has 0 rings (SSSR count). The van der Waals surface area contributed by atoms with Gasteiger partial charge in [-0.15, -0.1) is 0 Å². The molecule has 0 aromatic carbocycles. The van der Waals surface area contributed by atoms with E-state index in [1.54, 1.807) is 0 Å². The summed E-state index contributed by atoms with van der Waals surface area (Å²) in [5.74, 6) is 7.18. The summed E-state index contributed by atoms with van der Waals surface area (Å²) >= 11 is 1.84. The third-order valence-corrected chi connectivity index (χ3v) is 2.43. The topological polar surface area (TPSA) is 62.4 Å². The first-order chi connectivity index (χ1) is 6.85. The zero-order valence-electron chi connectivity index (χ0n) is 9.18. The lowest BCUT2D eigenvalue weighted by atomic mass is 10.3. The van der Waals surface area contributed by atoms with E-state index < -0.39 is 0 Å². The van der Waals surface area contributed by atoms with Crippen molar-refractivity contribution in [2.75, 3.05) is 25.1 Å². The average Bonchev–Trinajstić information content (AvgIpc) is 2.22. The van der Waals surface area contributed by atoms with Gasteiger partial charge in [-0.1, -0.05) is 13.3 Å². The Bertz CT molecular complexity index is 150. The van der Waals surface area contributed by atoms with Crippen molar-refractivity contribution in [2.45, 2.75) is 26.2 Å². The predicted octanol–water partition coefficient (Wildman–Crippen LogP) is 0.948. The van der Waals surface area contributed by atoms with Crippen molar-refractivity contribution in [3.05, 3.63) is 0 Å². The molecular formula is C9H22N4S. The van der Waals surface area contributed by atoms with Gasteiger partial charge in [-0.3, -0.25) is 10.4 Å². The smallest absolute Gasteiger partial charge is 0.205 e. The van der Waals surface area contributed by atoms with Crippen LogP contribution in [-0.4, -0.2) is 31.1 Å². The van der Waals surface area contributed by atoms with E-state index in [9.17, 15) is 0 Å². The van der Waals surface area contributed by atoms with Crippen LogP contribution in [0.3, 0.4) is 0 Å². The molecular weight excluding hydrogens is 196 g/mol. The van der Waals surface area contributed by atoms with Gasteiger partial charge in [0.15, 0.2) is 0 Å².